The molecule has 3 aromatic carbocycles. The average Bonchev–Trinajstić information content (AvgIpc) is 3.17. The SMILES string of the molecule is O=C(COc1ccccc1F)OCC(=O)c1c(-c2ccccc2)[nH]c2ccccc12. The van der Waals surface area contributed by atoms with E-state index in [0.29, 0.717) is 11.3 Å². The Kier molecular flexibility index (Phi) is 5.57. The van der Waals surface area contributed by atoms with Crippen LogP contribution in [0.4, 0.5) is 4.39 Å². The summed E-state index contributed by atoms with van der Waals surface area (Å²) in [7, 11) is 0. The highest BCUT2D eigenvalue weighted by Crippen LogP contribution is 2.30. The number of ether oxygens (including phenoxy) is 2. The summed E-state index contributed by atoms with van der Waals surface area (Å²) in [5.74, 6) is -1.73. The lowest BCUT2D eigenvalue weighted by atomic mass is 10.0. The van der Waals surface area contributed by atoms with Gasteiger partial charge in [-0.1, -0.05) is 60.7 Å². The van der Waals surface area contributed by atoms with E-state index in [1.54, 1.807) is 6.07 Å². The Morgan fingerprint density at radius 1 is 0.833 bits per heavy atom. The molecular formula is C24H18FNO4. The molecule has 1 aromatic heterocycles. The molecule has 4 aromatic rings. The van der Waals surface area contributed by atoms with E-state index < -0.39 is 25.0 Å². The van der Waals surface area contributed by atoms with Gasteiger partial charge in [-0.15, -0.1) is 0 Å². The molecule has 30 heavy (non-hydrogen) atoms. The molecule has 5 nitrogen and oxygen atoms in total. The normalized spacial score (nSPS) is 10.7. The number of fused-ring (bicyclic) bond motifs is 1. The van der Waals surface area contributed by atoms with Gasteiger partial charge in [0.15, 0.2) is 24.8 Å². The summed E-state index contributed by atoms with van der Waals surface area (Å²) in [5, 5.41) is 0.750. The molecule has 0 unspecified atom stereocenters. The molecule has 4 rings (SSSR count). The Morgan fingerprint density at radius 3 is 2.33 bits per heavy atom. The van der Waals surface area contributed by atoms with Gasteiger partial charge in [-0.2, -0.15) is 0 Å². The average molecular weight is 403 g/mol. The number of rotatable bonds is 7. The predicted octanol–water partition coefficient (Wildman–Crippen LogP) is 4.78. The van der Waals surface area contributed by atoms with Crippen molar-refractivity contribution in [3.05, 3.63) is 90.2 Å². The first-order valence-corrected chi connectivity index (χ1v) is 9.36. The number of ketones is 1. The highest BCUT2D eigenvalue weighted by atomic mass is 19.1. The van der Waals surface area contributed by atoms with Crippen molar-refractivity contribution < 1.29 is 23.5 Å². The van der Waals surface area contributed by atoms with Crippen LogP contribution in [0.15, 0.2) is 78.9 Å². The third-order valence-corrected chi connectivity index (χ3v) is 4.59. The minimum absolute atomic E-state index is 0.0521. The lowest BCUT2D eigenvalue weighted by molar-refractivity contribution is -0.144. The number of hydrogen-bond donors (Lipinski definition) is 1. The van der Waals surface area contributed by atoms with Gasteiger partial charge in [-0.05, 0) is 23.8 Å². The van der Waals surface area contributed by atoms with Gasteiger partial charge in [0.05, 0.1) is 11.3 Å². The summed E-state index contributed by atoms with van der Waals surface area (Å²) >= 11 is 0. The third kappa shape index (κ3) is 4.07. The van der Waals surface area contributed by atoms with E-state index in [1.165, 1.54) is 18.2 Å². The van der Waals surface area contributed by atoms with Crippen molar-refractivity contribution in [3.8, 4) is 17.0 Å². The molecule has 0 aliphatic carbocycles. The van der Waals surface area contributed by atoms with Crippen LogP contribution >= 0.6 is 0 Å². The van der Waals surface area contributed by atoms with Crippen molar-refractivity contribution in [2.75, 3.05) is 13.2 Å². The van der Waals surface area contributed by atoms with Crippen LogP contribution in [0.2, 0.25) is 0 Å². The maximum absolute atomic E-state index is 13.6. The Balaban J connectivity index is 1.49. The number of benzene rings is 3. The zero-order valence-electron chi connectivity index (χ0n) is 15.9. The van der Waals surface area contributed by atoms with Crippen LogP contribution in [0.3, 0.4) is 0 Å². The zero-order valence-corrected chi connectivity index (χ0v) is 15.9. The number of hydrogen-bond acceptors (Lipinski definition) is 4. The second kappa shape index (κ2) is 8.61. The summed E-state index contributed by atoms with van der Waals surface area (Å²) in [5.41, 5.74) is 2.79. The van der Waals surface area contributed by atoms with Gasteiger partial charge >= 0.3 is 5.97 Å². The minimum atomic E-state index is -0.757. The monoisotopic (exact) mass is 403 g/mol. The zero-order chi connectivity index (χ0) is 20.9. The number of H-pyrrole nitrogens is 1. The number of esters is 1. The Morgan fingerprint density at radius 2 is 1.53 bits per heavy atom. The van der Waals surface area contributed by atoms with Crippen molar-refractivity contribution in [3.63, 3.8) is 0 Å². The number of para-hydroxylation sites is 2. The van der Waals surface area contributed by atoms with E-state index in [-0.39, 0.29) is 11.5 Å². The van der Waals surface area contributed by atoms with E-state index in [2.05, 4.69) is 4.98 Å². The van der Waals surface area contributed by atoms with E-state index in [4.69, 9.17) is 9.47 Å². The Bertz CT molecular complexity index is 1200. The van der Waals surface area contributed by atoms with E-state index in [0.717, 1.165) is 16.5 Å². The maximum atomic E-state index is 13.6. The summed E-state index contributed by atoms with van der Waals surface area (Å²) in [6, 6.07) is 22.7. The number of Topliss-reactive ketones (excluding diaryl/α,β-unsaturated/α-hetero) is 1. The first-order chi connectivity index (χ1) is 14.6. The fraction of sp³-hybridized carbons (Fsp3) is 0.0833. The summed E-state index contributed by atoms with van der Waals surface area (Å²) in [6.45, 7) is -0.936. The summed E-state index contributed by atoms with van der Waals surface area (Å²) in [4.78, 5) is 28.2. The number of halogens is 1. The molecule has 1 N–H and O–H groups in total. The van der Waals surface area contributed by atoms with Crippen molar-refractivity contribution in [2.45, 2.75) is 0 Å². The van der Waals surface area contributed by atoms with Gasteiger partial charge in [0.1, 0.15) is 0 Å². The second-order valence-electron chi connectivity index (χ2n) is 6.59. The lowest BCUT2D eigenvalue weighted by Gasteiger charge is -2.08. The van der Waals surface area contributed by atoms with Crippen LogP contribution in [-0.4, -0.2) is 30.0 Å². The Hall–Kier alpha value is -3.93. The second-order valence-corrected chi connectivity index (χ2v) is 6.59. The molecule has 6 heteroatoms. The van der Waals surface area contributed by atoms with Crippen molar-refractivity contribution in [1.82, 2.24) is 4.98 Å². The van der Waals surface area contributed by atoms with Crippen LogP contribution in [0, 0.1) is 5.82 Å². The van der Waals surface area contributed by atoms with Crippen LogP contribution in [0.25, 0.3) is 22.2 Å². The minimum Gasteiger partial charge on any atom is -0.479 e. The first kappa shape index (κ1) is 19.4. The predicted molar refractivity (Wildman–Crippen MR) is 111 cm³/mol. The molecule has 0 saturated heterocycles. The van der Waals surface area contributed by atoms with Crippen molar-refractivity contribution in [2.24, 2.45) is 0 Å². The van der Waals surface area contributed by atoms with E-state index in [9.17, 15) is 14.0 Å². The van der Waals surface area contributed by atoms with Crippen LogP contribution in [-0.2, 0) is 9.53 Å². The third-order valence-electron chi connectivity index (χ3n) is 4.59. The van der Waals surface area contributed by atoms with Crippen molar-refractivity contribution >= 4 is 22.7 Å². The van der Waals surface area contributed by atoms with Crippen LogP contribution in [0.5, 0.6) is 5.75 Å². The molecule has 150 valence electrons. The van der Waals surface area contributed by atoms with Gasteiger partial charge < -0.3 is 14.5 Å². The molecule has 0 fully saturated rings. The fourth-order valence-corrected chi connectivity index (χ4v) is 3.21. The molecular weight excluding hydrogens is 385 g/mol. The molecule has 0 aliphatic rings. The summed E-state index contributed by atoms with van der Waals surface area (Å²) in [6.07, 6.45) is 0. The maximum Gasteiger partial charge on any atom is 0.344 e. The quantitative estimate of drug-likeness (QED) is 0.356. The van der Waals surface area contributed by atoms with Gasteiger partial charge in [-0.25, -0.2) is 9.18 Å². The largest absolute Gasteiger partial charge is 0.479 e. The van der Waals surface area contributed by atoms with Gasteiger partial charge in [0.2, 0.25) is 5.78 Å². The lowest BCUT2D eigenvalue weighted by Crippen LogP contribution is -2.20. The highest BCUT2D eigenvalue weighted by molar-refractivity contribution is 6.14. The van der Waals surface area contributed by atoms with Gasteiger partial charge in [0, 0.05) is 10.9 Å². The number of aromatic nitrogens is 1. The van der Waals surface area contributed by atoms with Gasteiger partial charge in [-0.3, -0.25) is 4.79 Å². The molecule has 0 spiro atoms. The van der Waals surface area contributed by atoms with Crippen molar-refractivity contribution in [1.29, 1.82) is 0 Å². The highest BCUT2D eigenvalue weighted by Gasteiger charge is 2.21. The molecule has 0 atom stereocenters. The first-order valence-electron chi connectivity index (χ1n) is 9.36. The van der Waals surface area contributed by atoms with Crippen LogP contribution < -0.4 is 4.74 Å². The fourth-order valence-electron chi connectivity index (χ4n) is 3.21. The topological polar surface area (TPSA) is 68.4 Å². The van der Waals surface area contributed by atoms with Gasteiger partial charge in [0.25, 0.3) is 0 Å². The molecule has 0 bridgehead atoms. The molecule has 1 heterocycles. The number of aromatic amines is 1. The molecule has 0 amide bonds. The van der Waals surface area contributed by atoms with E-state index >= 15 is 0 Å². The summed E-state index contributed by atoms with van der Waals surface area (Å²) < 4.78 is 23.8. The number of carbonyl (C=O) groups is 2. The van der Waals surface area contributed by atoms with Crippen LogP contribution in [0.1, 0.15) is 10.4 Å². The number of nitrogens with one attached hydrogen (secondary N) is 1. The number of carbonyl (C=O) groups excluding carboxylic acids is 2. The molecule has 0 radical (unpaired) electrons. The molecule has 0 aliphatic heterocycles. The standard InChI is InChI=1S/C24H18FNO4/c25-18-11-5-7-13-21(18)29-15-22(28)30-14-20(27)23-17-10-4-6-12-19(17)26-24(23)16-8-2-1-3-9-16/h1-13,26H,14-15H2. The van der Waals surface area contributed by atoms with E-state index in [1.807, 2.05) is 54.6 Å². The molecule has 0 saturated carbocycles. The smallest absolute Gasteiger partial charge is 0.344 e. The Labute approximate surface area is 172 Å².